The van der Waals surface area contributed by atoms with Gasteiger partial charge in [0.15, 0.2) is 5.69 Å². The van der Waals surface area contributed by atoms with Crippen LogP contribution in [0.1, 0.15) is 48.6 Å². The molecule has 1 unspecified atom stereocenters. The Balaban J connectivity index is 1.21. The highest BCUT2D eigenvalue weighted by Gasteiger charge is 2.35. The number of fused-ring (bicyclic) bond motifs is 1. The summed E-state index contributed by atoms with van der Waals surface area (Å²) in [5.74, 6) is 0.734. The molecule has 1 saturated heterocycles. The number of imidazole rings is 1. The molecule has 2 heterocycles. The van der Waals surface area contributed by atoms with Crippen molar-refractivity contribution in [1.82, 2.24) is 25.1 Å². The highest BCUT2D eigenvalue weighted by molar-refractivity contribution is 5.98. The van der Waals surface area contributed by atoms with Gasteiger partial charge in [-0.3, -0.25) is 4.79 Å². The topological polar surface area (TPSA) is 107 Å². The van der Waals surface area contributed by atoms with Crippen LogP contribution in [0.2, 0.25) is 0 Å². The molecule has 0 spiro atoms. The first-order chi connectivity index (χ1) is 22.6. The third-order valence-electron chi connectivity index (χ3n) is 9.01. The molecule has 2 N–H and O–H groups in total. The van der Waals surface area contributed by atoms with Gasteiger partial charge in [0.1, 0.15) is 12.4 Å². The molecule has 2 amide bonds. The van der Waals surface area contributed by atoms with Gasteiger partial charge in [-0.15, -0.1) is 0 Å². The van der Waals surface area contributed by atoms with Crippen molar-refractivity contribution in [3.63, 3.8) is 0 Å². The molecule has 0 radical (unpaired) electrons. The average Bonchev–Trinajstić information content (AvgIpc) is 3.54. The summed E-state index contributed by atoms with van der Waals surface area (Å²) in [5, 5.41) is 8.84. The molecule has 1 aliphatic heterocycles. The van der Waals surface area contributed by atoms with Crippen LogP contribution >= 0.6 is 0 Å². The summed E-state index contributed by atoms with van der Waals surface area (Å²) in [7, 11) is 1.57. The van der Waals surface area contributed by atoms with Gasteiger partial charge in [0.2, 0.25) is 0 Å². The molecule has 46 heavy (non-hydrogen) atoms. The van der Waals surface area contributed by atoms with Crippen LogP contribution < -0.4 is 15.4 Å². The molecule has 6 rings (SSSR count). The zero-order valence-electron chi connectivity index (χ0n) is 26.4. The van der Waals surface area contributed by atoms with Gasteiger partial charge in [-0.05, 0) is 35.7 Å². The van der Waals surface area contributed by atoms with E-state index in [2.05, 4.69) is 39.5 Å². The predicted molar refractivity (Wildman–Crippen MR) is 177 cm³/mol. The summed E-state index contributed by atoms with van der Waals surface area (Å²) in [4.78, 5) is 33.7. The lowest BCUT2D eigenvalue weighted by Crippen LogP contribution is -2.54. The van der Waals surface area contributed by atoms with Crippen molar-refractivity contribution in [3.8, 4) is 17.0 Å². The van der Waals surface area contributed by atoms with Crippen molar-refractivity contribution in [2.45, 2.75) is 50.2 Å². The molecule has 3 aromatic carbocycles. The summed E-state index contributed by atoms with van der Waals surface area (Å²) < 4.78 is 18.6. The minimum Gasteiger partial charge on any atom is -0.493 e. The number of rotatable bonds is 11. The molecule has 10 nitrogen and oxygen atoms in total. The Kier molecular flexibility index (Phi) is 10.5. The second-order valence-electron chi connectivity index (χ2n) is 11.9. The number of carbonyl (C=O) groups excluding carboxylic acids is 2. The second-order valence-corrected chi connectivity index (χ2v) is 11.9. The predicted octanol–water partition coefficient (Wildman–Crippen LogP) is 5.44. The second kappa shape index (κ2) is 15.2. The third-order valence-corrected chi connectivity index (χ3v) is 9.01. The molecule has 1 aliphatic carbocycles. The van der Waals surface area contributed by atoms with Gasteiger partial charge in [-0.25, -0.2) is 9.78 Å². The Morgan fingerprint density at radius 3 is 2.61 bits per heavy atom. The first kappa shape index (κ1) is 31.6. The number of hydrogen-bond acceptors (Lipinski definition) is 7. The van der Waals surface area contributed by atoms with Gasteiger partial charge in [0, 0.05) is 44.8 Å². The number of nitrogens with one attached hydrogen (secondary N) is 2. The Hall–Kier alpha value is -4.41. The number of nitrogens with zero attached hydrogens (tertiary/aromatic N) is 3. The summed E-state index contributed by atoms with van der Waals surface area (Å²) >= 11 is 0. The lowest BCUT2D eigenvalue weighted by Gasteiger charge is -2.36. The minimum absolute atomic E-state index is 0.0403. The quantitative estimate of drug-likeness (QED) is 0.214. The van der Waals surface area contributed by atoms with Crippen molar-refractivity contribution in [2.75, 3.05) is 46.6 Å². The maximum atomic E-state index is 14.4. The molecular weight excluding hydrogens is 582 g/mol. The van der Waals surface area contributed by atoms with Gasteiger partial charge in [-0.1, -0.05) is 73.5 Å². The van der Waals surface area contributed by atoms with Crippen LogP contribution in [0.5, 0.6) is 5.75 Å². The van der Waals surface area contributed by atoms with Crippen LogP contribution in [-0.4, -0.2) is 85.1 Å². The molecule has 4 aromatic rings. The monoisotopic (exact) mass is 625 g/mol. The number of benzene rings is 3. The van der Waals surface area contributed by atoms with E-state index in [-0.39, 0.29) is 30.6 Å². The number of ether oxygens (including phenoxy) is 3. The molecule has 242 valence electrons. The summed E-state index contributed by atoms with van der Waals surface area (Å²) in [6.07, 6.45) is 5.70. The number of piperazine rings is 1. The van der Waals surface area contributed by atoms with Crippen molar-refractivity contribution in [2.24, 2.45) is 0 Å². The van der Waals surface area contributed by atoms with Crippen LogP contribution in [0, 0.1) is 0 Å². The van der Waals surface area contributed by atoms with E-state index in [1.807, 2.05) is 53.4 Å². The summed E-state index contributed by atoms with van der Waals surface area (Å²) in [6, 6.07) is 24.0. The molecule has 1 aromatic heterocycles. The number of methoxy groups -OCH3 is 1. The molecule has 2 fully saturated rings. The van der Waals surface area contributed by atoms with Crippen LogP contribution in [0.4, 0.5) is 4.79 Å². The maximum absolute atomic E-state index is 14.4. The highest BCUT2D eigenvalue weighted by atomic mass is 16.6. The number of alkyl carbamates (subject to hydrolysis) is 1. The Labute approximate surface area is 270 Å². The molecule has 2 aliphatic rings. The van der Waals surface area contributed by atoms with E-state index in [0.29, 0.717) is 38.4 Å². The van der Waals surface area contributed by atoms with Gasteiger partial charge in [-0.2, -0.15) is 0 Å². The van der Waals surface area contributed by atoms with E-state index in [9.17, 15) is 9.59 Å². The third kappa shape index (κ3) is 7.35. The van der Waals surface area contributed by atoms with E-state index in [4.69, 9.17) is 19.2 Å². The molecule has 10 heteroatoms. The lowest BCUT2D eigenvalue weighted by molar-refractivity contribution is 0.0601. The first-order valence-corrected chi connectivity index (χ1v) is 16.3. The van der Waals surface area contributed by atoms with Crippen molar-refractivity contribution >= 4 is 22.8 Å². The average molecular weight is 626 g/mol. The minimum atomic E-state index is -0.457. The van der Waals surface area contributed by atoms with E-state index >= 15 is 0 Å². The number of amides is 2. The zero-order chi connectivity index (χ0) is 31.7. The van der Waals surface area contributed by atoms with E-state index in [1.54, 1.807) is 13.4 Å². The van der Waals surface area contributed by atoms with Crippen LogP contribution in [0.25, 0.3) is 22.0 Å². The Morgan fingerprint density at radius 1 is 0.957 bits per heavy atom. The zero-order valence-corrected chi connectivity index (χ0v) is 26.4. The fourth-order valence-corrected chi connectivity index (χ4v) is 6.67. The smallest absolute Gasteiger partial charge is 0.407 e. The van der Waals surface area contributed by atoms with E-state index in [0.717, 1.165) is 54.6 Å². The van der Waals surface area contributed by atoms with Gasteiger partial charge < -0.3 is 34.3 Å². The summed E-state index contributed by atoms with van der Waals surface area (Å²) in [6.45, 7) is 3.02. The van der Waals surface area contributed by atoms with E-state index in [1.165, 1.54) is 5.39 Å². The Bertz CT molecular complexity index is 1610. The van der Waals surface area contributed by atoms with Crippen LogP contribution in [-0.2, 0) is 9.47 Å². The normalized spacial score (nSPS) is 19.9. The molecule has 3 atom stereocenters. The van der Waals surface area contributed by atoms with Crippen molar-refractivity contribution in [1.29, 1.82) is 0 Å². The highest BCUT2D eigenvalue weighted by Crippen LogP contribution is 2.35. The van der Waals surface area contributed by atoms with E-state index < -0.39 is 6.09 Å². The fraction of sp³-hybridized carbons (Fsp3) is 0.417. The van der Waals surface area contributed by atoms with Gasteiger partial charge in [0.05, 0.1) is 37.3 Å². The molecular formula is C36H43N5O5. The SMILES string of the molecule is COCCOC(=O)N[C@H]1CCCC[C@@H]1n1cnc(C(=O)N2CCNCC2CCOc2ccc3ccccc3c2)c1-c1ccccc1. The van der Waals surface area contributed by atoms with Gasteiger partial charge in [0.25, 0.3) is 5.91 Å². The van der Waals surface area contributed by atoms with Crippen molar-refractivity contribution < 1.29 is 23.8 Å². The summed E-state index contributed by atoms with van der Waals surface area (Å²) in [5.41, 5.74) is 2.13. The Morgan fingerprint density at radius 2 is 1.76 bits per heavy atom. The van der Waals surface area contributed by atoms with Gasteiger partial charge >= 0.3 is 6.09 Å². The number of hydrogen-bond donors (Lipinski definition) is 2. The van der Waals surface area contributed by atoms with Crippen molar-refractivity contribution in [3.05, 3.63) is 84.8 Å². The maximum Gasteiger partial charge on any atom is 0.407 e. The largest absolute Gasteiger partial charge is 0.493 e. The molecule has 0 bridgehead atoms. The standard InChI is InChI=1S/C36H43N5O5/c1-44-21-22-46-36(43)39-31-13-7-8-14-32(31)41-25-38-33(34(41)27-10-3-2-4-11-27)35(42)40-19-18-37-24-29(40)17-20-45-30-16-15-26-9-5-6-12-28(26)23-30/h2-6,9-12,15-16,23,25,29,31-32,37H,7-8,13-14,17-22,24H2,1H3,(H,39,43)/t29?,31-,32-/m0/s1. The first-order valence-electron chi connectivity index (χ1n) is 16.3. The fourth-order valence-electron chi connectivity index (χ4n) is 6.67. The van der Waals surface area contributed by atoms with Crippen LogP contribution in [0.15, 0.2) is 79.1 Å². The van der Waals surface area contributed by atoms with Crippen LogP contribution in [0.3, 0.4) is 0 Å². The number of carbonyl (C=O) groups is 2. The number of aromatic nitrogens is 2. The lowest BCUT2D eigenvalue weighted by atomic mass is 9.89. The molecule has 1 saturated carbocycles.